The van der Waals surface area contributed by atoms with E-state index in [0.717, 1.165) is 0 Å². The third-order valence-electron chi connectivity index (χ3n) is 2.80. The standard InChI is InChI=1S/C14H18O6/c1-18-11-8-13(20-3)12(19-2)7-9(11)10(15)5-4-6-14(16)17/h7-8H,4-6H2,1-3H3,(H,16,17). The Hall–Kier alpha value is -2.24. The fraction of sp³-hybridized carbons (Fsp3) is 0.429. The van der Waals surface area contributed by atoms with Crippen LogP contribution in [0.2, 0.25) is 0 Å². The van der Waals surface area contributed by atoms with Crippen molar-refractivity contribution >= 4 is 11.8 Å². The smallest absolute Gasteiger partial charge is 0.303 e. The number of carbonyl (C=O) groups is 2. The lowest BCUT2D eigenvalue weighted by atomic mass is 10.0. The van der Waals surface area contributed by atoms with Crippen LogP contribution in [0, 0.1) is 0 Å². The van der Waals surface area contributed by atoms with Gasteiger partial charge in [-0.15, -0.1) is 0 Å². The molecular weight excluding hydrogens is 264 g/mol. The first-order valence-corrected chi connectivity index (χ1v) is 6.08. The minimum absolute atomic E-state index is 0.0403. The van der Waals surface area contributed by atoms with E-state index in [0.29, 0.717) is 22.8 Å². The Balaban J connectivity index is 2.97. The summed E-state index contributed by atoms with van der Waals surface area (Å²) in [4.78, 5) is 22.6. The van der Waals surface area contributed by atoms with E-state index in [-0.39, 0.29) is 25.0 Å². The largest absolute Gasteiger partial charge is 0.496 e. The van der Waals surface area contributed by atoms with Gasteiger partial charge in [0, 0.05) is 18.9 Å². The highest BCUT2D eigenvalue weighted by molar-refractivity contribution is 5.99. The predicted molar refractivity (Wildman–Crippen MR) is 71.9 cm³/mol. The molecular formula is C14H18O6. The maximum atomic E-state index is 12.1. The zero-order chi connectivity index (χ0) is 15.1. The van der Waals surface area contributed by atoms with Crippen molar-refractivity contribution in [2.24, 2.45) is 0 Å². The van der Waals surface area contributed by atoms with Crippen molar-refractivity contribution in [3.8, 4) is 17.2 Å². The van der Waals surface area contributed by atoms with Gasteiger partial charge in [0.05, 0.1) is 26.9 Å². The van der Waals surface area contributed by atoms with Gasteiger partial charge in [-0.1, -0.05) is 0 Å². The van der Waals surface area contributed by atoms with E-state index < -0.39 is 5.97 Å². The van der Waals surface area contributed by atoms with Gasteiger partial charge in [-0.3, -0.25) is 9.59 Å². The van der Waals surface area contributed by atoms with E-state index in [9.17, 15) is 9.59 Å². The molecule has 6 heteroatoms. The van der Waals surface area contributed by atoms with E-state index in [1.807, 2.05) is 0 Å². The van der Waals surface area contributed by atoms with Crippen molar-refractivity contribution in [2.45, 2.75) is 19.3 Å². The van der Waals surface area contributed by atoms with E-state index >= 15 is 0 Å². The van der Waals surface area contributed by atoms with Gasteiger partial charge in [0.1, 0.15) is 5.75 Å². The summed E-state index contributed by atoms with van der Waals surface area (Å²) in [6.07, 6.45) is 0.380. The molecule has 1 rings (SSSR count). The summed E-state index contributed by atoms with van der Waals surface area (Å²) in [5.74, 6) is 0.158. The number of aliphatic carboxylic acids is 1. The predicted octanol–water partition coefficient (Wildman–Crippen LogP) is 2.15. The number of carboxylic acids is 1. The quantitative estimate of drug-likeness (QED) is 0.736. The molecule has 0 heterocycles. The number of ether oxygens (including phenoxy) is 3. The lowest BCUT2D eigenvalue weighted by molar-refractivity contribution is -0.137. The molecule has 0 saturated carbocycles. The highest BCUT2D eigenvalue weighted by atomic mass is 16.5. The van der Waals surface area contributed by atoms with Crippen molar-refractivity contribution in [3.05, 3.63) is 17.7 Å². The summed E-state index contributed by atoms with van der Waals surface area (Å²) in [6, 6.07) is 3.12. The molecule has 0 aliphatic carbocycles. The minimum atomic E-state index is -0.919. The molecule has 0 unspecified atom stereocenters. The molecule has 0 fully saturated rings. The van der Waals surface area contributed by atoms with Gasteiger partial charge in [0.2, 0.25) is 0 Å². The molecule has 6 nitrogen and oxygen atoms in total. The van der Waals surface area contributed by atoms with E-state index in [2.05, 4.69) is 0 Å². The summed E-state index contributed by atoms with van der Waals surface area (Å²) >= 11 is 0. The van der Waals surface area contributed by atoms with Crippen LogP contribution in [0.25, 0.3) is 0 Å². The van der Waals surface area contributed by atoms with Gasteiger partial charge < -0.3 is 19.3 Å². The lowest BCUT2D eigenvalue weighted by Gasteiger charge is -2.13. The van der Waals surface area contributed by atoms with Gasteiger partial charge in [0.25, 0.3) is 0 Å². The van der Waals surface area contributed by atoms with Crippen LogP contribution in [-0.4, -0.2) is 38.2 Å². The van der Waals surface area contributed by atoms with Gasteiger partial charge in [-0.2, -0.15) is 0 Å². The van der Waals surface area contributed by atoms with E-state index in [4.69, 9.17) is 19.3 Å². The highest BCUT2D eigenvalue weighted by Crippen LogP contribution is 2.35. The SMILES string of the molecule is COc1cc(OC)c(C(=O)CCCC(=O)O)cc1OC. The first kappa shape index (κ1) is 15.8. The molecule has 1 aromatic carbocycles. The maximum absolute atomic E-state index is 12.1. The van der Waals surface area contributed by atoms with Gasteiger partial charge in [0.15, 0.2) is 17.3 Å². The summed E-state index contributed by atoms with van der Waals surface area (Å²) < 4.78 is 15.4. The number of hydrogen-bond acceptors (Lipinski definition) is 5. The van der Waals surface area contributed by atoms with Crippen molar-refractivity contribution in [3.63, 3.8) is 0 Å². The second-order valence-electron chi connectivity index (χ2n) is 4.08. The second-order valence-corrected chi connectivity index (χ2v) is 4.08. The van der Waals surface area contributed by atoms with Crippen LogP contribution in [0.15, 0.2) is 12.1 Å². The zero-order valence-corrected chi connectivity index (χ0v) is 11.8. The van der Waals surface area contributed by atoms with Gasteiger partial charge >= 0.3 is 5.97 Å². The molecule has 0 aliphatic heterocycles. The maximum Gasteiger partial charge on any atom is 0.303 e. The normalized spacial score (nSPS) is 9.95. The van der Waals surface area contributed by atoms with Gasteiger partial charge in [-0.25, -0.2) is 0 Å². The van der Waals surface area contributed by atoms with Gasteiger partial charge in [-0.05, 0) is 12.5 Å². The Bertz CT molecular complexity index is 495. The van der Waals surface area contributed by atoms with Crippen LogP contribution in [-0.2, 0) is 4.79 Å². The van der Waals surface area contributed by atoms with Crippen LogP contribution >= 0.6 is 0 Å². The van der Waals surface area contributed by atoms with Crippen LogP contribution in [0.1, 0.15) is 29.6 Å². The number of ketones is 1. The van der Waals surface area contributed by atoms with Crippen LogP contribution in [0.5, 0.6) is 17.2 Å². The summed E-state index contributed by atoms with van der Waals surface area (Å²) in [7, 11) is 4.42. The van der Waals surface area contributed by atoms with Crippen molar-refractivity contribution in [2.75, 3.05) is 21.3 Å². The Morgan fingerprint density at radius 3 is 2.00 bits per heavy atom. The van der Waals surface area contributed by atoms with Crippen molar-refractivity contribution in [1.29, 1.82) is 0 Å². The molecule has 0 aliphatic rings. The third kappa shape index (κ3) is 3.88. The zero-order valence-electron chi connectivity index (χ0n) is 11.8. The number of carbonyl (C=O) groups excluding carboxylic acids is 1. The molecule has 1 aromatic rings. The van der Waals surface area contributed by atoms with Crippen molar-refractivity contribution in [1.82, 2.24) is 0 Å². The molecule has 0 aromatic heterocycles. The molecule has 0 amide bonds. The fourth-order valence-electron chi connectivity index (χ4n) is 1.78. The number of hydrogen-bond donors (Lipinski definition) is 1. The average molecular weight is 282 g/mol. The Morgan fingerprint density at radius 1 is 0.950 bits per heavy atom. The number of rotatable bonds is 8. The van der Waals surface area contributed by atoms with Crippen molar-refractivity contribution < 1.29 is 28.9 Å². The molecule has 0 atom stereocenters. The molecule has 0 saturated heterocycles. The Kier molecular flexibility index (Phi) is 5.83. The average Bonchev–Trinajstić information content (AvgIpc) is 2.45. The lowest BCUT2D eigenvalue weighted by Crippen LogP contribution is -2.05. The fourth-order valence-corrected chi connectivity index (χ4v) is 1.78. The first-order chi connectivity index (χ1) is 9.53. The number of methoxy groups -OCH3 is 3. The number of carboxylic acid groups (broad SMARTS) is 1. The molecule has 1 N–H and O–H groups in total. The van der Waals surface area contributed by atoms with Crippen LogP contribution in [0.3, 0.4) is 0 Å². The summed E-state index contributed by atoms with van der Waals surface area (Å²) in [5.41, 5.74) is 0.357. The topological polar surface area (TPSA) is 82.1 Å². The second kappa shape index (κ2) is 7.37. The third-order valence-corrected chi connectivity index (χ3v) is 2.80. The summed E-state index contributed by atoms with van der Waals surface area (Å²) in [5, 5.41) is 8.58. The Morgan fingerprint density at radius 2 is 1.50 bits per heavy atom. The molecule has 0 bridgehead atoms. The Labute approximate surface area is 117 Å². The molecule has 0 spiro atoms. The van der Waals surface area contributed by atoms with Crippen LogP contribution < -0.4 is 14.2 Å². The summed E-state index contributed by atoms with van der Waals surface area (Å²) in [6.45, 7) is 0. The molecule has 20 heavy (non-hydrogen) atoms. The molecule has 0 radical (unpaired) electrons. The van der Waals surface area contributed by atoms with E-state index in [1.165, 1.54) is 21.3 Å². The van der Waals surface area contributed by atoms with Crippen LogP contribution in [0.4, 0.5) is 0 Å². The molecule has 110 valence electrons. The highest BCUT2D eigenvalue weighted by Gasteiger charge is 2.17. The minimum Gasteiger partial charge on any atom is -0.496 e. The monoisotopic (exact) mass is 282 g/mol. The number of Topliss-reactive ketones (excluding diaryl/α,β-unsaturated/α-hetero) is 1. The number of benzene rings is 1. The first-order valence-electron chi connectivity index (χ1n) is 6.08. The van der Waals surface area contributed by atoms with E-state index in [1.54, 1.807) is 12.1 Å².